The number of halogens is 1. The normalized spacial score (nSPS) is 10.6. The molecule has 0 aliphatic rings. The fourth-order valence-electron chi connectivity index (χ4n) is 1.59. The van der Waals surface area contributed by atoms with Gasteiger partial charge in [0.2, 0.25) is 0 Å². The van der Waals surface area contributed by atoms with E-state index in [9.17, 15) is 9.18 Å². The van der Waals surface area contributed by atoms with Crippen molar-refractivity contribution in [1.82, 2.24) is 4.98 Å². The molecule has 0 spiro atoms. The highest BCUT2D eigenvalue weighted by molar-refractivity contribution is 7.15. The number of carboxylic acid groups (broad SMARTS) is 1. The van der Waals surface area contributed by atoms with Gasteiger partial charge in [0, 0.05) is 0 Å². The van der Waals surface area contributed by atoms with E-state index in [4.69, 9.17) is 5.11 Å². The van der Waals surface area contributed by atoms with E-state index in [0.717, 1.165) is 5.01 Å². The van der Waals surface area contributed by atoms with Crippen LogP contribution in [0.4, 0.5) is 4.39 Å². The van der Waals surface area contributed by atoms with Crippen LogP contribution in [-0.4, -0.2) is 16.1 Å². The number of nitrogens with zero attached hydrogens (tertiary/aromatic N) is 1. The number of benzene rings is 1. The first-order valence-corrected chi connectivity index (χ1v) is 6.34. The Morgan fingerprint density at radius 1 is 1.50 bits per heavy atom. The van der Waals surface area contributed by atoms with E-state index >= 15 is 0 Å². The van der Waals surface area contributed by atoms with Gasteiger partial charge in [-0.15, -0.1) is 11.3 Å². The largest absolute Gasteiger partial charge is 0.476 e. The van der Waals surface area contributed by atoms with Crippen LogP contribution in [0.1, 0.15) is 28.0 Å². The molecule has 2 aromatic rings. The van der Waals surface area contributed by atoms with Gasteiger partial charge in [0.15, 0.2) is 5.69 Å². The number of hydrogen-bond acceptors (Lipinski definition) is 3. The number of rotatable bonds is 3. The number of thiazole rings is 1. The van der Waals surface area contributed by atoms with E-state index in [1.807, 2.05) is 6.92 Å². The third-order valence-electron chi connectivity index (χ3n) is 2.61. The minimum absolute atomic E-state index is 0.0000954. The molecule has 94 valence electrons. The average molecular weight is 265 g/mol. The predicted molar refractivity (Wildman–Crippen MR) is 68.6 cm³/mol. The monoisotopic (exact) mass is 265 g/mol. The molecule has 2 rings (SSSR count). The Balaban J connectivity index is 2.58. The molecule has 0 radical (unpaired) electrons. The van der Waals surface area contributed by atoms with E-state index in [0.29, 0.717) is 22.4 Å². The van der Waals surface area contributed by atoms with Gasteiger partial charge in [-0.3, -0.25) is 0 Å². The second-order valence-electron chi connectivity index (χ2n) is 3.91. The van der Waals surface area contributed by atoms with Gasteiger partial charge in [-0.2, -0.15) is 0 Å². The van der Waals surface area contributed by atoms with Crippen LogP contribution in [0.5, 0.6) is 0 Å². The summed E-state index contributed by atoms with van der Waals surface area (Å²) < 4.78 is 13.5. The zero-order chi connectivity index (χ0) is 13.3. The van der Waals surface area contributed by atoms with Gasteiger partial charge in [-0.1, -0.05) is 19.1 Å². The van der Waals surface area contributed by atoms with Crippen molar-refractivity contribution in [2.24, 2.45) is 0 Å². The molecule has 5 heteroatoms. The third-order valence-corrected chi connectivity index (χ3v) is 3.86. The van der Waals surface area contributed by atoms with Crippen molar-refractivity contribution in [2.75, 3.05) is 0 Å². The molecular formula is C13H12FNO2S. The molecule has 1 N–H and O–H groups in total. The molecule has 0 aliphatic heterocycles. The van der Waals surface area contributed by atoms with E-state index in [1.165, 1.54) is 17.4 Å². The van der Waals surface area contributed by atoms with Crippen LogP contribution in [0, 0.1) is 12.7 Å². The molecule has 0 aliphatic carbocycles. The second-order valence-corrected chi connectivity index (χ2v) is 4.99. The van der Waals surface area contributed by atoms with Crippen LogP contribution >= 0.6 is 11.3 Å². The molecule has 0 unspecified atom stereocenters. The first-order chi connectivity index (χ1) is 8.52. The van der Waals surface area contributed by atoms with Gasteiger partial charge in [-0.25, -0.2) is 14.2 Å². The Hall–Kier alpha value is -1.75. The number of aromatic carboxylic acids is 1. The van der Waals surface area contributed by atoms with Gasteiger partial charge in [0.25, 0.3) is 0 Å². The summed E-state index contributed by atoms with van der Waals surface area (Å²) in [6.07, 6.45) is 0.666. The maximum Gasteiger partial charge on any atom is 0.356 e. The molecule has 0 amide bonds. The summed E-state index contributed by atoms with van der Waals surface area (Å²) in [6.45, 7) is 3.57. The lowest BCUT2D eigenvalue weighted by Crippen LogP contribution is -1.99. The summed E-state index contributed by atoms with van der Waals surface area (Å²) in [5.74, 6) is -1.42. The smallest absolute Gasteiger partial charge is 0.356 e. The standard InChI is InChI=1S/C13H12FNO2S/c1-3-10-15-11(13(16)17)12(18-10)8-5-4-7(2)9(14)6-8/h4-6H,3H2,1-2H3,(H,16,17). The van der Waals surface area contributed by atoms with E-state index < -0.39 is 5.97 Å². The average Bonchev–Trinajstić information content (AvgIpc) is 2.77. The topological polar surface area (TPSA) is 50.2 Å². The number of aromatic nitrogens is 1. The minimum atomic E-state index is -1.08. The van der Waals surface area contributed by atoms with Crippen molar-refractivity contribution in [3.8, 4) is 10.4 Å². The maximum absolute atomic E-state index is 13.5. The van der Waals surface area contributed by atoms with Crippen LogP contribution in [-0.2, 0) is 6.42 Å². The van der Waals surface area contributed by atoms with Crippen molar-refractivity contribution >= 4 is 17.3 Å². The lowest BCUT2D eigenvalue weighted by molar-refractivity contribution is 0.0692. The first kappa shape index (κ1) is 12.7. The van der Waals surface area contributed by atoms with Crippen molar-refractivity contribution in [3.63, 3.8) is 0 Å². The number of hydrogen-bond donors (Lipinski definition) is 1. The Morgan fingerprint density at radius 2 is 2.22 bits per heavy atom. The molecule has 1 aromatic carbocycles. The quantitative estimate of drug-likeness (QED) is 0.923. The summed E-state index contributed by atoms with van der Waals surface area (Å²) in [6, 6.07) is 4.72. The van der Waals surface area contributed by atoms with Crippen molar-refractivity contribution in [3.05, 3.63) is 40.3 Å². The molecule has 0 saturated carbocycles. The SMILES string of the molecule is CCc1nc(C(=O)O)c(-c2ccc(C)c(F)c2)s1. The first-order valence-electron chi connectivity index (χ1n) is 5.52. The Morgan fingerprint density at radius 3 is 2.78 bits per heavy atom. The van der Waals surface area contributed by atoms with Gasteiger partial charge in [-0.05, 0) is 30.5 Å². The Kier molecular flexibility index (Phi) is 3.43. The zero-order valence-corrected chi connectivity index (χ0v) is 10.8. The second kappa shape index (κ2) is 4.86. The van der Waals surface area contributed by atoms with E-state index in [2.05, 4.69) is 4.98 Å². The minimum Gasteiger partial charge on any atom is -0.476 e. The fourth-order valence-corrected chi connectivity index (χ4v) is 2.58. The molecule has 3 nitrogen and oxygen atoms in total. The summed E-state index contributed by atoms with van der Waals surface area (Å²) >= 11 is 1.30. The molecule has 1 heterocycles. The van der Waals surface area contributed by atoms with Crippen molar-refractivity contribution < 1.29 is 14.3 Å². The number of carbonyl (C=O) groups is 1. The number of aryl methyl sites for hydroxylation is 2. The highest BCUT2D eigenvalue weighted by Gasteiger charge is 2.18. The molecule has 0 bridgehead atoms. The summed E-state index contributed by atoms with van der Waals surface area (Å²) in [4.78, 5) is 15.7. The zero-order valence-electron chi connectivity index (χ0n) is 10.0. The lowest BCUT2D eigenvalue weighted by atomic mass is 10.1. The highest BCUT2D eigenvalue weighted by Crippen LogP contribution is 2.31. The Labute approximate surface area is 108 Å². The van der Waals surface area contributed by atoms with Crippen molar-refractivity contribution in [1.29, 1.82) is 0 Å². The Bertz CT molecular complexity index is 607. The van der Waals surface area contributed by atoms with Crippen LogP contribution in [0.2, 0.25) is 0 Å². The van der Waals surface area contributed by atoms with E-state index in [1.54, 1.807) is 19.1 Å². The molecule has 1 aromatic heterocycles. The van der Waals surface area contributed by atoms with Crippen molar-refractivity contribution in [2.45, 2.75) is 20.3 Å². The van der Waals surface area contributed by atoms with Gasteiger partial charge < -0.3 is 5.11 Å². The van der Waals surface area contributed by atoms with Crippen LogP contribution < -0.4 is 0 Å². The van der Waals surface area contributed by atoms with Gasteiger partial charge in [0.1, 0.15) is 5.82 Å². The molecule has 0 saturated heterocycles. The fraction of sp³-hybridized carbons (Fsp3) is 0.231. The predicted octanol–water partition coefficient (Wildman–Crippen LogP) is 3.52. The molecule has 0 atom stereocenters. The molecule has 0 fully saturated rings. The van der Waals surface area contributed by atoms with Crippen LogP contribution in [0.25, 0.3) is 10.4 Å². The number of carboxylic acids is 1. The maximum atomic E-state index is 13.5. The van der Waals surface area contributed by atoms with Gasteiger partial charge >= 0.3 is 5.97 Å². The lowest BCUT2D eigenvalue weighted by Gasteiger charge is -2.01. The van der Waals surface area contributed by atoms with Crippen LogP contribution in [0.15, 0.2) is 18.2 Å². The third kappa shape index (κ3) is 2.26. The van der Waals surface area contributed by atoms with Crippen LogP contribution in [0.3, 0.4) is 0 Å². The summed E-state index contributed by atoms with van der Waals surface area (Å²) in [7, 11) is 0. The summed E-state index contributed by atoms with van der Waals surface area (Å²) in [5.41, 5.74) is 1.10. The molecular weight excluding hydrogens is 253 g/mol. The summed E-state index contributed by atoms with van der Waals surface area (Å²) in [5, 5.41) is 9.85. The van der Waals surface area contributed by atoms with E-state index in [-0.39, 0.29) is 11.5 Å². The molecule has 18 heavy (non-hydrogen) atoms. The highest BCUT2D eigenvalue weighted by atomic mass is 32.1. The van der Waals surface area contributed by atoms with Gasteiger partial charge in [0.05, 0.1) is 9.88 Å².